The molecule has 0 saturated carbocycles. The maximum atomic E-state index is 13.1. The molecule has 0 aromatic heterocycles. The van der Waals surface area contributed by atoms with E-state index in [1.165, 1.54) is 0 Å². The first-order chi connectivity index (χ1) is 14.8. The minimum atomic E-state index is -0.325. The smallest absolute Gasteiger partial charge is 0.282 e. The summed E-state index contributed by atoms with van der Waals surface area (Å²) in [5.41, 5.74) is 4.80. The Morgan fingerprint density at radius 1 is 1.10 bits per heavy atom. The largest absolute Gasteiger partial charge is 0.298 e. The minimum absolute atomic E-state index is 0.113. The molecule has 6 nitrogen and oxygen atoms in total. The Hall–Kier alpha value is -2.12. The second-order valence-corrected chi connectivity index (χ2v) is 9.00. The molecule has 2 aromatic rings. The highest BCUT2D eigenvalue weighted by Gasteiger charge is 2.40. The van der Waals surface area contributed by atoms with Crippen LogP contribution >= 0.6 is 34.8 Å². The van der Waals surface area contributed by atoms with E-state index in [9.17, 15) is 9.59 Å². The first kappa shape index (κ1) is 22.1. The topological polar surface area (TPSA) is 65.0 Å². The Bertz CT molecular complexity index is 1040. The molecule has 2 atom stereocenters. The molecule has 0 radical (unpaired) electrons. The van der Waals surface area contributed by atoms with Gasteiger partial charge in [-0.2, -0.15) is 5.10 Å². The van der Waals surface area contributed by atoms with E-state index in [0.717, 1.165) is 12.0 Å². The Kier molecular flexibility index (Phi) is 6.53. The lowest BCUT2D eigenvalue weighted by atomic mass is 9.91. The fourth-order valence-electron chi connectivity index (χ4n) is 3.98. The van der Waals surface area contributed by atoms with Crippen molar-refractivity contribution in [3.05, 3.63) is 63.1 Å². The number of nitrogens with zero attached hydrogens (tertiary/aromatic N) is 3. The van der Waals surface area contributed by atoms with E-state index < -0.39 is 0 Å². The Morgan fingerprint density at radius 2 is 1.81 bits per heavy atom. The molecule has 1 saturated heterocycles. The molecule has 1 amide bonds. The van der Waals surface area contributed by atoms with E-state index >= 15 is 0 Å². The van der Waals surface area contributed by atoms with Gasteiger partial charge in [-0.05, 0) is 42.3 Å². The van der Waals surface area contributed by atoms with E-state index in [4.69, 9.17) is 34.8 Å². The fraction of sp³-hybridized carbons (Fsp3) is 0.318. The maximum Gasteiger partial charge on any atom is 0.282 e. The summed E-state index contributed by atoms with van der Waals surface area (Å²) in [7, 11) is 0. The lowest BCUT2D eigenvalue weighted by Gasteiger charge is -2.28. The highest BCUT2D eigenvalue weighted by Crippen LogP contribution is 2.42. The molecule has 2 unspecified atom stereocenters. The van der Waals surface area contributed by atoms with Crippen molar-refractivity contribution in [3.8, 4) is 0 Å². The number of Topliss-reactive ketones (excluding diaryl/α,β-unsaturated/α-hetero) is 1. The normalized spacial score (nSPS) is 21.9. The zero-order chi connectivity index (χ0) is 22.1. The predicted molar refractivity (Wildman–Crippen MR) is 124 cm³/mol. The first-order valence-corrected chi connectivity index (χ1v) is 11.1. The van der Waals surface area contributed by atoms with Crippen LogP contribution in [0.2, 0.25) is 15.1 Å². The molecular weight excluding hydrogens is 459 g/mol. The van der Waals surface area contributed by atoms with Crippen LogP contribution in [0.3, 0.4) is 0 Å². The number of hydrogen-bond donors (Lipinski definition) is 1. The van der Waals surface area contributed by atoms with Gasteiger partial charge in [-0.15, -0.1) is 0 Å². The predicted octanol–water partition coefficient (Wildman–Crippen LogP) is 4.90. The number of carbonyl (C=O) groups excluding carboxylic acids is 2. The maximum absolute atomic E-state index is 13.1. The number of benzene rings is 2. The standard InChI is InChI=1S/C22H21Cl3N4O2/c1-13-20(22(31)27-28-10-2-3-17(30)12-28)26-29(19-9-8-16(24)11-18(19)25)21(13)14-4-6-15(23)7-5-14/h4-9,11,13,21H,2-3,10,12H2,1H3,(H,27,31). The first-order valence-electron chi connectivity index (χ1n) is 9.99. The Morgan fingerprint density at radius 3 is 2.48 bits per heavy atom. The molecule has 0 spiro atoms. The number of nitrogens with one attached hydrogen (secondary N) is 1. The van der Waals surface area contributed by atoms with Crippen molar-refractivity contribution in [3.63, 3.8) is 0 Å². The third-order valence-electron chi connectivity index (χ3n) is 5.50. The average molecular weight is 480 g/mol. The van der Waals surface area contributed by atoms with Gasteiger partial charge in [-0.1, -0.05) is 53.9 Å². The number of anilines is 1. The van der Waals surface area contributed by atoms with E-state index in [0.29, 0.717) is 39.4 Å². The zero-order valence-corrected chi connectivity index (χ0v) is 19.1. The number of hydrazine groups is 1. The second kappa shape index (κ2) is 9.17. The average Bonchev–Trinajstić information content (AvgIpc) is 3.06. The summed E-state index contributed by atoms with van der Waals surface area (Å²) >= 11 is 18.6. The van der Waals surface area contributed by atoms with Gasteiger partial charge in [0, 0.05) is 28.9 Å². The van der Waals surface area contributed by atoms with Crippen LogP contribution in [0.15, 0.2) is 47.6 Å². The van der Waals surface area contributed by atoms with Gasteiger partial charge in [0.05, 0.1) is 23.3 Å². The number of ketones is 1. The van der Waals surface area contributed by atoms with E-state index in [1.54, 1.807) is 28.2 Å². The van der Waals surface area contributed by atoms with Crippen molar-refractivity contribution in [2.75, 3.05) is 18.1 Å². The highest BCUT2D eigenvalue weighted by molar-refractivity contribution is 6.41. The quantitative estimate of drug-likeness (QED) is 0.678. The molecule has 1 N–H and O–H groups in total. The molecule has 2 aromatic carbocycles. The second-order valence-electron chi connectivity index (χ2n) is 7.72. The fourth-order valence-corrected chi connectivity index (χ4v) is 4.60. The molecule has 9 heteroatoms. The molecule has 162 valence electrons. The summed E-state index contributed by atoms with van der Waals surface area (Å²) in [4.78, 5) is 24.8. The summed E-state index contributed by atoms with van der Waals surface area (Å²) in [5, 5.41) is 9.64. The minimum Gasteiger partial charge on any atom is -0.298 e. The highest BCUT2D eigenvalue weighted by atomic mass is 35.5. The van der Waals surface area contributed by atoms with Crippen LogP contribution in [-0.4, -0.2) is 35.5 Å². The van der Waals surface area contributed by atoms with Crippen molar-refractivity contribution < 1.29 is 9.59 Å². The van der Waals surface area contributed by atoms with Gasteiger partial charge in [0.15, 0.2) is 0 Å². The summed E-state index contributed by atoms with van der Waals surface area (Å²) in [6.45, 7) is 2.79. The summed E-state index contributed by atoms with van der Waals surface area (Å²) in [5.74, 6) is -0.455. The number of rotatable bonds is 4. The van der Waals surface area contributed by atoms with Gasteiger partial charge in [0.25, 0.3) is 5.91 Å². The molecule has 4 rings (SSSR count). The van der Waals surface area contributed by atoms with Gasteiger partial charge >= 0.3 is 0 Å². The van der Waals surface area contributed by atoms with E-state index in [-0.39, 0.29) is 30.2 Å². The molecular formula is C22H21Cl3N4O2. The van der Waals surface area contributed by atoms with Crippen LogP contribution in [-0.2, 0) is 9.59 Å². The summed E-state index contributed by atoms with van der Waals surface area (Å²) in [6.07, 6.45) is 1.27. The zero-order valence-electron chi connectivity index (χ0n) is 16.8. The van der Waals surface area contributed by atoms with Gasteiger partial charge < -0.3 is 0 Å². The van der Waals surface area contributed by atoms with Crippen molar-refractivity contribution in [2.45, 2.75) is 25.8 Å². The van der Waals surface area contributed by atoms with Crippen LogP contribution in [0.1, 0.15) is 31.4 Å². The number of hydrazone groups is 1. The van der Waals surface area contributed by atoms with E-state index in [1.807, 2.05) is 31.2 Å². The van der Waals surface area contributed by atoms with E-state index in [2.05, 4.69) is 10.5 Å². The van der Waals surface area contributed by atoms with Crippen LogP contribution < -0.4 is 10.4 Å². The monoisotopic (exact) mass is 478 g/mol. The number of amides is 1. The number of carbonyl (C=O) groups is 2. The summed E-state index contributed by atoms with van der Waals surface area (Å²) in [6, 6.07) is 12.4. The molecule has 2 aliphatic rings. The number of halogens is 3. The Labute approximate surface area is 195 Å². The van der Waals surface area contributed by atoms with Gasteiger partial charge in [0.1, 0.15) is 11.5 Å². The Balaban J connectivity index is 1.67. The molecule has 31 heavy (non-hydrogen) atoms. The van der Waals surface area contributed by atoms with Gasteiger partial charge in [-0.25, -0.2) is 5.01 Å². The molecule has 2 heterocycles. The van der Waals surface area contributed by atoms with Crippen LogP contribution in [0, 0.1) is 5.92 Å². The summed E-state index contributed by atoms with van der Waals surface area (Å²) < 4.78 is 0. The van der Waals surface area contributed by atoms with Gasteiger partial charge in [0.2, 0.25) is 0 Å². The van der Waals surface area contributed by atoms with Crippen molar-refractivity contribution >= 4 is 57.9 Å². The van der Waals surface area contributed by atoms with Gasteiger partial charge in [-0.3, -0.25) is 20.0 Å². The lowest BCUT2D eigenvalue weighted by Crippen LogP contribution is -2.50. The van der Waals surface area contributed by atoms with Crippen molar-refractivity contribution in [2.24, 2.45) is 11.0 Å². The SMILES string of the molecule is CC1C(C(=O)NN2CCCC(=O)C2)=NN(c2ccc(Cl)cc2Cl)C1c1ccc(Cl)cc1. The van der Waals surface area contributed by atoms with Crippen LogP contribution in [0.5, 0.6) is 0 Å². The molecule has 1 fully saturated rings. The molecule has 2 aliphatic heterocycles. The number of piperidine rings is 1. The van der Waals surface area contributed by atoms with Crippen LogP contribution in [0.25, 0.3) is 0 Å². The lowest BCUT2D eigenvalue weighted by molar-refractivity contribution is -0.126. The third-order valence-corrected chi connectivity index (χ3v) is 6.28. The van der Waals surface area contributed by atoms with Crippen molar-refractivity contribution in [1.29, 1.82) is 0 Å². The van der Waals surface area contributed by atoms with Crippen molar-refractivity contribution in [1.82, 2.24) is 10.4 Å². The molecule has 0 bridgehead atoms. The van der Waals surface area contributed by atoms with Crippen LogP contribution in [0.4, 0.5) is 5.69 Å². The molecule has 0 aliphatic carbocycles. The number of hydrogen-bond acceptors (Lipinski definition) is 5. The third kappa shape index (κ3) is 4.72.